The number of rotatable bonds is 7. The average molecular weight is 378 g/mol. The van der Waals surface area contributed by atoms with E-state index in [2.05, 4.69) is 5.32 Å². The Labute approximate surface area is 153 Å². The minimum atomic E-state index is -3.68. The van der Waals surface area contributed by atoms with Crippen LogP contribution in [0.25, 0.3) is 0 Å². The number of aryl methyl sites for hydroxylation is 1. The van der Waals surface area contributed by atoms with Gasteiger partial charge >= 0.3 is 0 Å². The molecule has 1 N–H and O–H groups in total. The Morgan fingerprint density at radius 1 is 1.15 bits per heavy atom. The summed E-state index contributed by atoms with van der Waals surface area (Å²) in [5.41, 5.74) is 2.25. The zero-order chi connectivity index (χ0) is 19.3. The van der Waals surface area contributed by atoms with Gasteiger partial charge in [0.2, 0.25) is 15.9 Å². The van der Waals surface area contributed by atoms with E-state index in [9.17, 15) is 17.6 Å². The summed E-state index contributed by atoms with van der Waals surface area (Å²) in [5.74, 6) is -0.950. The molecule has 1 amide bonds. The molecule has 0 unspecified atom stereocenters. The van der Waals surface area contributed by atoms with Gasteiger partial charge in [0.1, 0.15) is 5.82 Å². The largest absolute Gasteiger partial charge is 0.348 e. The molecule has 0 aliphatic rings. The van der Waals surface area contributed by atoms with Crippen LogP contribution in [0.5, 0.6) is 0 Å². The maximum absolute atomic E-state index is 13.8. The SMILES string of the molecule is Cc1ccc([C@@H](C)NC(=O)CN(Cc2ccccc2F)S(C)(=O)=O)cc1. The van der Waals surface area contributed by atoms with Crippen LogP contribution in [0.15, 0.2) is 48.5 Å². The molecule has 0 aliphatic carbocycles. The molecule has 0 spiro atoms. The topological polar surface area (TPSA) is 66.5 Å². The third-order valence-corrected chi connectivity index (χ3v) is 5.24. The van der Waals surface area contributed by atoms with Crippen molar-refractivity contribution in [2.75, 3.05) is 12.8 Å². The van der Waals surface area contributed by atoms with Crippen molar-refractivity contribution in [2.45, 2.75) is 26.4 Å². The maximum Gasteiger partial charge on any atom is 0.235 e. The molecule has 0 saturated carbocycles. The number of nitrogens with zero attached hydrogens (tertiary/aromatic N) is 1. The Kier molecular flexibility index (Phi) is 6.50. The van der Waals surface area contributed by atoms with Crippen LogP contribution in [-0.2, 0) is 21.4 Å². The van der Waals surface area contributed by atoms with E-state index in [0.717, 1.165) is 21.7 Å². The van der Waals surface area contributed by atoms with Gasteiger partial charge in [-0.05, 0) is 25.5 Å². The fourth-order valence-corrected chi connectivity index (χ4v) is 3.22. The second kappa shape index (κ2) is 8.42. The summed E-state index contributed by atoms with van der Waals surface area (Å²) in [7, 11) is -3.68. The predicted octanol–water partition coefficient (Wildman–Crippen LogP) is 2.77. The van der Waals surface area contributed by atoms with Crippen LogP contribution in [0.2, 0.25) is 0 Å². The van der Waals surface area contributed by atoms with Crippen LogP contribution < -0.4 is 5.32 Å². The standard InChI is InChI=1S/C19H23FN2O3S/c1-14-8-10-16(11-9-14)15(2)21-19(23)13-22(26(3,24)25)12-17-6-4-5-7-18(17)20/h4-11,15H,12-13H2,1-3H3,(H,21,23)/t15-/m1/s1. The van der Waals surface area contributed by atoms with Gasteiger partial charge in [0.15, 0.2) is 0 Å². The zero-order valence-corrected chi connectivity index (χ0v) is 15.9. The van der Waals surface area contributed by atoms with Crippen molar-refractivity contribution >= 4 is 15.9 Å². The van der Waals surface area contributed by atoms with E-state index < -0.39 is 21.7 Å². The van der Waals surface area contributed by atoms with Gasteiger partial charge in [-0.2, -0.15) is 4.31 Å². The van der Waals surface area contributed by atoms with Crippen molar-refractivity contribution in [3.05, 3.63) is 71.0 Å². The summed E-state index contributed by atoms with van der Waals surface area (Å²) in [6.45, 7) is 3.23. The molecule has 0 aliphatic heterocycles. The van der Waals surface area contributed by atoms with Gasteiger partial charge in [-0.15, -0.1) is 0 Å². The number of hydrogen-bond acceptors (Lipinski definition) is 3. The van der Waals surface area contributed by atoms with Gasteiger partial charge in [-0.25, -0.2) is 12.8 Å². The molecule has 2 aromatic carbocycles. The number of carbonyl (C=O) groups is 1. The van der Waals surface area contributed by atoms with Crippen molar-refractivity contribution in [2.24, 2.45) is 0 Å². The Morgan fingerprint density at radius 2 is 1.77 bits per heavy atom. The fourth-order valence-electron chi connectivity index (χ4n) is 2.49. The van der Waals surface area contributed by atoms with Gasteiger partial charge < -0.3 is 5.32 Å². The lowest BCUT2D eigenvalue weighted by atomic mass is 10.1. The Morgan fingerprint density at radius 3 is 2.35 bits per heavy atom. The Balaban J connectivity index is 2.07. The van der Waals surface area contributed by atoms with Crippen molar-refractivity contribution in [1.29, 1.82) is 0 Å². The lowest BCUT2D eigenvalue weighted by molar-refractivity contribution is -0.122. The third kappa shape index (κ3) is 5.64. The van der Waals surface area contributed by atoms with E-state index in [4.69, 9.17) is 0 Å². The third-order valence-electron chi connectivity index (χ3n) is 4.05. The number of benzene rings is 2. The molecule has 2 rings (SSSR count). The minimum Gasteiger partial charge on any atom is -0.348 e. The van der Waals surface area contributed by atoms with Crippen molar-refractivity contribution in [3.8, 4) is 0 Å². The lowest BCUT2D eigenvalue weighted by Gasteiger charge is -2.21. The first kappa shape index (κ1) is 20.1. The molecule has 140 valence electrons. The molecule has 0 fully saturated rings. The number of halogens is 1. The molecule has 0 heterocycles. The second-order valence-electron chi connectivity index (χ2n) is 6.32. The molecular weight excluding hydrogens is 355 g/mol. The zero-order valence-electron chi connectivity index (χ0n) is 15.1. The fraction of sp³-hybridized carbons (Fsp3) is 0.316. The van der Waals surface area contributed by atoms with E-state index in [0.29, 0.717) is 0 Å². The summed E-state index contributed by atoms with van der Waals surface area (Å²) in [6.07, 6.45) is 1.00. The van der Waals surface area contributed by atoms with Crippen LogP contribution >= 0.6 is 0 Å². The highest BCUT2D eigenvalue weighted by Gasteiger charge is 2.22. The molecule has 2 aromatic rings. The highest BCUT2D eigenvalue weighted by molar-refractivity contribution is 7.88. The first-order chi connectivity index (χ1) is 12.2. The molecule has 1 atom stereocenters. The Bertz CT molecular complexity index is 867. The molecule has 0 saturated heterocycles. The summed E-state index contributed by atoms with van der Waals surface area (Å²) in [4.78, 5) is 12.3. The number of hydrogen-bond donors (Lipinski definition) is 1. The summed E-state index contributed by atoms with van der Waals surface area (Å²) < 4.78 is 38.8. The molecule has 0 aromatic heterocycles. The maximum atomic E-state index is 13.8. The average Bonchev–Trinajstić information content (AvgIpc) is 2.55. The van der Waals surface area contributed by atoms with E-state index >= 15 is 0 Å². The highest BCUT2D eigenvalue weighted by atomic mass is 32.2. The van der Waals surface area contributed by atoms with E-state index in [1.807, 2.05) is 38.1 Å². The van der Waals surface area contributed by atoms with Gasteiger partial charge in [0.25, 0.3) is 0 Å². The molecule has 0 radical (unpaired) electrons. The van der Waals surface area contributed by atoms with Crippen molar-refractivity contribution in [3.63, 3.8) is 0 Å². The molecule has 0 bridgehead atoms. The summed E-state index contributed by atoms with van der Waals surface area (Å²) in [5, 5.41) is 2.78. The van der Waals surface area contributed by atoms with Crippen LogP contribution in [0, 0.1) is 12.7 Å². The van der Waals surface area contributed by atoms with Crippen LogP contribution in [0.3, 0.4) is 0 Å². The quantitative estimate of drug-likeness (QED) is 0.806. The van der Waals surface area contributed by atoms with Gasteiger partial charge in [-0.1, -0.05) is 48.0 Å². The monoisotopic (exact) mass is 378 g/mol. The number of carbonyl (C=O) groups excluding carboxylic acids is 1. The summed E-state index contributed by atoms with van der Waals surface area (Å²) >= 11 is 0. The Hall–Kier alpha value is -2.25. The number of amides is 1. The van der Waals surface area contributed by atoms with Gasteiger partial charge in [-0.3, -0.25) is 4.79 Å². The molecule has 7 heteroatoms. The number of nitrogens with one attached hydrogen (secondary N) is 1. The van der Waals surface area contributed by atoms with Gasteiger partial charge in [0.05, 0.1) is 18.8 Å². The first-order valence-corrected chi connectivity index (χ1v) is 10.1. The van der Waals surface area contributed by atoms with Gasteiger partial charge in [0, 0.05) is 12.1 Å². The highest BCUT2D eigenvalue weighted by Crippen LogP contribution is 2.15. The predicted molar refractivity (Wildman–Crippen MR) is 99.4 cm³/mol. The smallest absolute Gasteiger partial charge is 0.235 e. The summed E-state index contributed by atoms with van der Waals surface area (Å²) in [6, 6.07) is 13.4. The van der Waals surface area contributed by atoms with Crippen molar-refractivity contribution < 1.29 is 17.6 Å². The molecule has 5 nitrogen and oxygen atoms in total. The first-order valence-electron chi connectivity index (χ1n) is 8.21. The van der Waals surface area contributed by atoms with E-state index in [-0.39, 0.29) is 24.7 Å². The normalized spacial score (nSPS) is 12.8. The second-order valence-corrected chi connectivity index (χ2v) is 8.30. The van der Waals surface area contributed by atoms with E-state index in [1.54, 1.807) is 6.07 Å². The minimum absolute atomic E-state index is 0.197. The molecular formula is C19H23FN2O3S. The van der Waals surface area contributed by atoms with Crippen LogP contribution in [-0.4, -0.2) is 31.4 Å². The van der Waals surface area contributed by atoms with Crippen LogP contribution in [0.1, 0.15) is 29.7 Å². The van der Waals surface area contributed by atoms with E-state index in [1.165, 1.54) is 18.2 Å². The van der Waals surface area contributed by atoms with Crippen molar-refractivity contribution in [1.82, 2.24) is 9.62 Å². The number of sulfonamides is 1. The van der Waals surface area contributed by atoms with Crippen LogP contribution in [0.4, 0.5) is 4.39 Å². The lowest BCUT2D eigenvalue weighted by Crippen LogP contribution is -2.40. The molecule has 26 heavy (non-hydrogen) atoms.